The summed E-state index contributed by atoms with van der Waals surface area (Å²) in [6.07, 6.45) is 8.07. The van der Waals surface area contributed by atoms with Crippen molar-refractivity contribution in [2.24, 2.45) is 23.7 Å². The third-order valence-electron chi connectivity index (χ3n) is 7.81. The normalized spacial score (nSPS) is 42.4. The van der Waals surface area contributed by atoms with Crippen molar-refractivity contribution in [3.63, 3.8) is 0 Å². The van der Waals surface area contributed by atoms with Crippen LogP contribution < -0.4 is 0 Å². The SMILES string of the molecule is O=C1N2CCc3ccccc3C2CN1C1C2CC3CC(C2)CC1C3. The molecule has 1 atom stereocenters. The highest BCUT2D eigenvalue weighted by atomic mass is 16.2. The largest absolute Gasteiger partial charge is 0.320 e. The van der Waals surface area contributed by atoms with Crippen LogP contribution in [-0.2, 0) is 6.42 Å². The fourth-order valence-electron chi connectivity index (χ4n) is 7.16. The molecule has 4 bridgehead atoms. The monoisotopic (exact) mass is 322 g/mol. The second-order valence-corrected chi connectivity index (χ2v) is 9.01. The van der Waals surface area contributed by atoms with Crippen LogP contribution in [0.5, 0.6) is 0 Å². The molecule has 3 nitrogen and oxygen atoms in total. The molecule has 126 valence electrons. The van der Waals surface area contributed by atoms with E-state index in [1.807, 2.05) is 0 Å². The number of hydrogen-bond donors (Lipinski definition) is 0. The number of carbonyl (C=O) groups is 1. The average Bonchev–Trinajstić information content (AvgIpc) is 2.91. The Morgan fingerprint density at radius 1 is 0.875 bits per heavy atom. The summed E-state index contributed by atoms with van der Waals surface area (Å²) in [5.74, 6) is 3.54. The molecule has 24 heavy (non-hydrogen) atoms. The van der Waals surface area contributed by atoms with Crippen LogP contribution >= 0.6 is 0 Å². The lowest BCUT2D eigenvalue weighted by molar-refractivity contribution is -0.0474. The van der Waals surface area contributed by atoms with Crippen LogP contribution in [0.15, 0.2) is 24.3 Å². The molecule has 2 heterocycles. The maximum absolute atomic E-state index is 13.2. The van der Waals surface area contributed by atoms with E-state index in [0.29, 0.717) is 18.1 Å². The highest BCUT2D eigenvalue weighted by Crippen LogP contribution is 2.56. The van der Waals surface area contributed by atoms with Gasteiger partial charge in [0.05, 0.1) is 6.04 Å². The second-order valence-electron chi connectivity index (χ2n) is 9.01. The van der Waals surface area contributed by atoms with E-state index in [0.717, 1.165) is 43.2 Å². The lowest BCUT2D eigenvalue weighted by atomic mass is 9.54. The summed E-state index contributed by atoms with van der Waals surface area (Å²) < 4.78 is 0. The highest BCUT2D eigenvalue weighted by Gasteiger charge is 2.54. The predicted molar refractivity (Wildman–Crippen MR) is 92.5 cm³/mol. The van der Waals surface area contributed by atoms with E-state index < -0.39 is 0 Å². The number of benzene rings is 1. The minimum atomic E-state index is 0.305. The van der Waals surface area contributed by atoms with Crippen LogP contribution in [0.2, 0.25) is 0 Å². The van der Waals surface area contributed by atoms with Crippen molar-refractivity contribution in [2.75, 3.05) is 13.1 Å². The van der Waals surface area contributed by atoms with E-state index in [1.54, 1.807) is 0 Å². The van der Waals surface area contributed by atoms with Crippen molar-refractivity contribution in [1.29, 1.82) is 0 Å². The Morgan fingerprint density at radius 3 is 2.33 bits per heavy atom. The summed E-state index contributed by atoms with van der Waals surface area (Å²) in [4.78, 5) is 17.7. The number of nitrogens with zero attached hydrogens (tertiary/aromatic N) is 2. The van der Waals surface area contributed by atoms with Gasteiger partial charge in [-0.2, -0.15) is 0 Å². The fraction of sp³-hybridized carbons (Fsp3) is 0.667. The van der Waals surface area contributed by atoms with Crippen molar-refractivity contribution in [1.82, 2.24) is 9.80 Å². The van der Waals surface area contributed by atoms with Crippen LogP contribution in [0.25, 0.3) is 0 Å². The van der Waals surface area contributed by atoms with E-state index in [2.05, 4.69) is 34.1 Å². The highest BCUT2D eigenvalue weighted by molar-refractivity contribution is 5.78. The van der Waals surface area contributed by atoms with Gasteiger partial charge in [0.25, 0.3) is 0 Å². The molecule has 0 N–H and O–H groups in total. The summed E-state index contributed by atoms with van der Waals surface area (Å²) in [6, 6.07) is 9.97. The van der Waals surface area contributed by atoms with E-state index in [9.17, 15) is 4.79 Å². The number of carbonyl (C=O) groups excluding carboxylic acids is 1. The first kappa shape index (κ1) is 13.7. The summed E-state index contributed by atoms with van der Waals surface area (Å²) >= 11 is 0. The van der Waals surface area contributed by atoms with Gasteiger partial charge in [-0.1, -0.05) is 24.3 Å². The summed E-state index contributed by atoms with van der Waals surface area (Å²) in [6.45, 7) is 1.84. The molecule has 0 radical (unpaired) electrons. The van der Waals surface area contributed by atoms with Gasteiger partial charge in [-0.15, -0.1) is 0 Å². The molecule has 4 aliphatic carbocycles. The van der Waals surface area contributed by atoms with Crippen LogP contribution in [0.3, 0.4) is 0 Å². The number of urea groups is 1. The van der Waals surface area contributed by atoms with E-state index in [-0.39, 0.29) is 0 Å². The Bertz CT molecular complexity index is 671. The maximum Gasteiger partial charge on any atom is 0.320 e. The number of fused-ring (bicyclic) bond motifs is 3. The standard InChI is InChI=1S/C21H26N2O/c24-21-22-6-5-15-3-1-2-4-18(15)19(22)12-23(21)20-16-8-13-7-14(10-16)11-17(20)9-13/h1-4,13-14,16-17,19-20H,5-12H2. The van der Waals surface area contributed by atoms with Crippen LogP contribution in [0.1, 0.15) is 49.3 Å². The lowest BCUT2D eigenvalue weighted by Crippen LogP contribution is -2.56. The number of amides is 2. The molecule has 7 rings (SSSR count). The summed E-state index contributed by atoms with van der Waals surface area (Å²) in [7, 11) is 0. The van der Waals surface area contributed by atoms with Gasteiger partial charge in [0.1, 0.15) is 0 Å². The molecule has 2 aliphatic heterocycles. The Balaban J connectivity index is 1.33. The van der Waals surface area contributed by atoms with Crippen molar-refractivity contribution in [3.8, 4) is 0 Å². The molecule has 5 fully saturated rings. The quantitative estimate of drug-likeness (QED) is 0.770. The van der Waals surface area contributed by atoms with E-state index in [1.165, 1.54) is 43.2 Å². The summed E-state index contributed by atoms with van der Waals surface area (Å²) in [5, 5.41) is 0. The molecule has 4 saturated carbocycles. The van der Waals surface area contributed by atoms with Gasteiger partial charge in [0, 0.05) is 19.1 Å². The molecule has 6 aliphatic rings. The van der Waals surface area contributed by atoms with Crippen molar-refractivity contribution < 1.29 is 4.79 Å². The van der Waals surface area contributed by atoms with Gasteiger partial charge >= 0.3 is 6.03 Å². The predicted octanol–water partition coefficient (Wildman–Crippen LogP) is 3.85. The Kier molecular flexibility index (Phi) is 2.73. The third-order valence-corrected chi connectivity index (χ3v) is 7.81. The zero-order valence-corrected chi connectivity index (χ0v) is 14.2. The molecule has 2 amide bonds. The zero-order chi connectivity index (χ0) is 15.8. The van der Waals surface area contributed by atoms with E-state index in [4.69, 9.17) is 0 Å². The first-order chi connectivity index (χ1) is 11.8. The summed E-state index contributed by atoms with van der Waals surface area (Å²) in [5.41, 5.74) is 2.86. The lowest BCUT2D eigenvalue weighted by Gasteiger charge is -2.56. The van der Waals surface area contributed by atoms with Crippen molar-refractivity contribution in [3.05, 3.63) is 35.4 Å². The number of hydrogen-bond acceptors (Lipinski definition) is 1. The van der Waals surface area contributed by atoms with Crippen molar-refractivity contribution >= 4 is 6.03 Å². The average molecular weight is 322 g/mol. The van der Waals surface area contributed by atoms with Gasteiger partial charge in [0.2, 0.25) is 0 Å². The minimum Gasteiger partial charge on any atom is -0.319 e. The Morgan fingerprint density at radius 2 is 1.58 bits per heavy atom. The second kappa shape index (κ2) is 4.77. The van der Waals surface area contributed by atoms with Gasteiger partial charge < -0.3 is 9.80 Å². The molecule has 0 aromatic heterocycles. The maximum atomic E-state index is 13.2. The molecule has 1 aromatic carbocycles. The smallest absolute Gasteiger partial charge is 0.319 e. The van der Waals surface area contributed by atoms with Crippen LogP contribution in [0.4, 0.5) is 4.79 Å². The van der Waals surface area contributed by atoms with Gasteiger partial charge in [-0.25, -0.2) is 4.79 Å². The molecule has 1 unspecified atom stereocenters. The van der Waals surface area contributed by atoms with Gasteiger partial charge in [-0.3, -0.25) is 0 Å². The molecular weight excluding hydrogens is 296 g/mol. The number of rotatable bonds is 1. The Labute approximate surface area is 144 Å². The third kappa shape index (κ3) is 1.76. The molecule has 1 saturated heterocycles. The van der Waals surface area contributed by atoms with Crippen molar-refractivity contribution in [2.45, 2.75) is 50.6 Å². The first-order valence-corrected chi connectivity index (χ1v) is 9.93. The van der Waals surface area contributed by atoms with Crippen LogP contribution in [-0.4, -0.2) is 35.0 Å². The molecular formula is C21H26N2O. The first-order valence-electron chi connectivity index (χ1n) is 9.93. The topological polar surface area (TPSA) is 23.6 Å². The Hall–Kier alpha value is -1.51. The molecule has 0 spiro atoms. The minimum absolute atomic E-state index is 0.305. The van der Waals surface area contributed by atoms with Gasteiger partial charge in [0.15, 0.2) is 0 Å². The molecule has 3 heteroatoms. The fourth-order valence-corrected chi connectivity index (χ4v) is 7.16. The molecule has 1 aromatic rings. The zero-order valence-electron chi connectivity index (χ0n) is 14.2. The van der Waals surface area contributed by atoms with Gasteiger partial charge in [-0.05, 0) is 73.3 Å². The van der Waals surface area contributed by atoms with E-state index >= 15 is 0 Å². The van der Waals surface area contributed by atoms with Crippen LogP contribution in [0, 0.1) is 23.7 Å².